The van der Waals surface area contributed by atoms with Crippen molar-refractivity contribution in [1.82, 2.24) is 9.80 Å². The SMILES string of the molecule is CCN(CCCN(C)C)C(CN)c1sccc1Br. The van der Waals surface area contributed by atoms with Gasteiger partial charge in [-0.1, -0.05) is 6.92 Å². The molecule has 1 heterocycles. The van der Waals surface area contributed by atoms with E-state index in [1.54, 1.807) is 11.3 Å². The Balaban J connectivity index is 2.63. The third-order valence-corrected chi connectivity index (χ3v) is 5.04. The van der Waals surface area contributed by atoms with E-state index in [0.29, 0.717) is 12.6 Å². The lowest BCUT2D eigenvalue weighted by atomic mass is 10.2. The highest BCUT2D eigenvalue weighted by Crippen LogP contribution is 2.32. The first-order chi connectivity index (χ1) is 8.60. The molecule has 5 heteroatoms. The van der Waals surface area contributed by atoms with Gasteiger partial charge >= 0.3 is 0 Å². The maximum absolute atomic E-state index is 5.97. The van der Waals surface area contributed by atoms with E-state index in [4.69, 9.17) is 5.73 Å². The average Bonchev–Trinajstić information content (AvgIpc) is 2.74. The standard InChI is InChI=1S/C13H24BrN3S/c1-4-17(8-5-7-16(2)3)12(10-15)13-11(14)6-9-18-13/h6,9,12H,4-5,7-8,10,15H2,1-3H3. The minimum atomic E-state index is 0.339. The van der Waals surface area contributed by atoms with E-state index in [0.717, 1.165) is 19.6 Å². The van der Waals surface area contributed by atoms with Crippen molar-refractivity contribution < 1.29 is 0 Å². The maximum Gasteiger partial charge on any atom is 0.0575 e. The van der Waals surface area contributed by atoms with Crippen molar-refractivity contribution >= 4 is 27.3 Å². The minimum Gasteiger partial charge on any atom is -0.329 e. The summed E-state index contributed by atoms with van der Waals surface area (Å²) in [5.74, 6) is 0. The minimum absolute atomic E-state index is 0.339. The van der Waals surface area contributed by atoms with Crippen molar-refractivity contribution in [3.05, 3.63) is 20.8 Å². The predicted octanol–water partition coefficient (Wildman–Crippen LogP) is 2.78. The van der Waals surface area contributed by atoms with Gasteiger partial charge in [0.15, 0.2) is 0 Å². The molecule has 0 amide bonds. The molecule has 1 unspecified atom stereocenters. The molecule has 0 saturated carbocycles. The molecule has 0 aromatic carbocycles. The van der Waals surface area contributed by atoms with Crippen molar-refractivity contribution in [2.75, 3.05) is 40.3 Å². The Labute approximate surface area is 123 Å². The first-order valence-corrected chi connectivity index (χ1v) is 8.09. The van der Waals surface area contributed by atoms with Gasteiger partial charge in [0.05, 0.1) is 6.04 Å². The molecule has 0 aliphatic heterocycles. The molecule has 3 nitrogen and oxygen atoms in total. The molecule has 0 bridgehead atoms. The molecule has 1 atom stereocenters. The fourth-order valence-corrected chi connectivity index (χ4v) is 3.87. The summed E-state index contributed by atoms with van der Waals surface area (Å²) in [6.45, 7) is 6.15. The van der Waals surface area contributed by atoms with Crippen LogP contribution in [0.25, 0.3) is 0 Å². The lowest BCUT2D eigenvalue weighted by Crippen LogP contribution is -2.35. The number of halogens is 1. The Bertz CT molecular complexity index is 341. The number of nitrogens with zero attached hydrogens (tertiary/aromatic N) is 2. The Morgan fingerprint density at radius 2 is 2.11 bits per heavy atom. The van der Waals surface area contributed by atoms with Crippen LogP contribution in [0, 0.1) is 0 Å². The normalized spacial score (nSPS) is 13.5. The van der Waals surface area contributed by atoms with Gasteiger partial charge in [0.25, 0.3) is 0 Å². The van der Waals surface area contributed by atoms with E-state index in [9.17, 15) is 0 Å². The smallest absolute Gasteiger partial charge is 0.0575 e. The van der Waals surface area contributed by atoms with Crippen LogP contribution in [-0.4, -0.2) is 50.1 Å². The number of hydrogen-bond donors (Lipinski definition) is 1. The molecule has 2 N–H and O–H groups in total. The molecule has 0 aliphatic rings. The van der Waals surface area contributed by atoms with E-state index < -0.39 is 0 Å². The summed E-state index contributed by atoms with van der Waals surface area (Å²) in [6.07, 6.45) is 1.18. The number of likely N-dealkylation sites (N-methyl/N-ethyl adjacent to an activating group) is 1. The summed E-state index contributed by atoms with van der Waals surface area (Å²) < 4.78 is 1.19. The number of rotatable bonds is 8. The Morgan fingerprint density at radius 3 is 2.56 bits per heavy atom. The van der Waals surface area contributed by atoms with Gasteiger partial charge in [-0.2, -0.15) is 0 Å². The van der Waals surface area contributed by atoms with Crippen molar-refractivity contribution in [1.29, 1.82) is 0 Å². The summed E-state index contributed by atoms with van der Waals surface area (Å²) in [5, 5.41) is 2.12. The van der Waals surface area contributed by atoms with Crippen LogP contribution in [0.3, 0.4) is 0 Å². The van der Waals surface area contributed by atoms with Gasteiger partial charge in [-0.3, -0.25) is 4.90 Å². The van der Waals surface area contributed by atoms with E-state index in [2.05, 4.69) is 58.2 Å². The van der Waals surface area contributed by atoms with E-state index in [-0.39, 0.29) is 0 Å². The molecular formula is C13H24BrN3S. The van der Waals surface area contributed by atoms with Crippen molar-refractivity contribution in [3.8, 4) is 0 Å². The fraction of sp³-hybridized carbons (Fsp3) is 0.692. The molecular weight excluding hydrogens is 310 g/mol. The summed E-state index contributed by atoms with van der Waals surface area (Å²) in [4.78, 5) is 6.05. The summed E-state index contributed by atoms with van der Waals surface area (Å²) in [5.41, 5.74) is 5.97. The number of hydrogen-bond acceptors (Lipinski definition) is 4. The third kappa shape index (κ3) is 4.63. The molecule has 18 heavy (non-hydrogen) atoms. The molecule has 104 valence electrons. The summed E-state index contributed by atoms with van der Waals surface area (Å²) in [6, 6.07) is 2.45. The van der Waals surface area contributed by atoms with Gasteiger partial charge in [0.1, 0.15) is 0 Å². The highest BCUT2D eigenvalue weighted by Gasteiger charge is 2.20. The van der Waals surface area contributed by atoms with Crippen LogP contribution in [0.15, 0.2) is 15.9 Å². The molecule has 0 fully saturated rings. The van der Waals surface area contributed by atoms with Gasteiger partial charge in [0, 0.05) is 22.4 Å². The van der Waals surface area contributed by atoms with E-state index in [1.807, 2.05) is 0 Å². The zero-order valence-electron chi connectivity index (χ0n) is 11.5. The predicted molar refractivity (Wildman–Crippen MR) is 84.2 cm³/mol. The molecule has 1 aromatic heterocycles. The highest BCUT2D eigenvalue weighted by molar-refractivity contribution is 9.10. The van der Waals surface area contributed by atoms with E-state index in [1.165, 1.54) is 15.8 Å². The quantitative estimate of drug-likeness (QED) is 0.793. The van der Waals surface area contributed by atoms with Crippen LogP contribution in [0.4, 0.5) is 0 Å². The number of nitrogens with two attached hydrogens (primary N) is 1. The second-order valence-electron chi connectivity index (χ2n) is 4.67. The molecule has 0 saturated heterocycles. The first kappa shape index (κ1) is 16.1. The summed E-state index contributed by atoms with van der Waals surface area (Å²) in [7, 11) is 4.24. The highest BCUT2D eigenvalue weighted by atomic mass is 79.9. The largest absolute Gasteiger partial charge is 0.329 e. The topological polar surface area (TPSA) is 32.5 Å². The van der Waals surface area contributed by atoms with Gasteiger partial charge in [0.2, 0.25) is 0 Å². The number of thiophene rings is 1. The molecule has 0 radical (unpaired) electrons. The van der Waals surface area contributed by atoms with Gasteiger partial charge in [-0.25, -0.2) is 0 Å². The fourth-order valence-electron chi connectivity index (χ4n) is 2.09. The Hall–Kier alpha value is 0.0600. The van der Waals surface area contributed by atoms with Crippen molar-refractivity contribution in [3.63, 3.8) is 0 Å². The van der Waals surface area contributed by atoms with Crippen LogP contribution < -0.4 is 5.73 Å². The second-order valence-corrected chi connectivity index (χ2v) is 6.47. The van der Waals surface area contributed by atoms with Crippen molar-refractivity contribution in [2.45, 2.75) is 19.4 Å². The molecule has 1 rings (SSSR count). The van der Waals surface area contributed by atoms with E-state index >= 15 is 0 Å². The van der Waals surface area contributed by atoms with Gasteiger partial charge < -0.3 is 10.6 Å². The molecule has 1 aromatic rings. The third-order valence-electron chi connectivity index (χ3n) is 3.07. The van der Waals surface area contributed by atoms with Crippen LogP contribution in [0.1, 0.15) is 24.3 Å². The molecule has 0 spiro atoms. The average molecular weight is 334 g/mol. The van der Waals surface area contributed by atoms with Crippen LogP contribution in [0.2, 0.25) is 0 Å². The van der Waals surface area contributed by atoms with Gasteiger partial charge in [-0.05, 0) is 61.0 Å². The monoisotopic (exact) mass is 333 g/mol. The van der Waals surface area contributed by atoms with Crippen LogP contribution >= 0.6 is 27.3 Å². The second kappa shape index (κ2) is 8.27. The van der Waals surface area contributed by atoms with Gasteiger partial charge in [-0.15, -0.1) is 11.3 Å². The first-order valence-electron chi connectivity index (χ1n) is 6.41. The Kier molecular flexibility index (Phi) is 7.41. The molecule has 0 aliphatic carbocycles. The Morgan fingerprint density at radius 1 is 1.39 bits per heavy atom. The summed E-state index contributed by atoms with van der Waals surface area (Å²) >= 11 is 5.40. The van der Waals surface area contributed by atoms with Crippen LogP contribution in [0.5, 0.6) is 0 Å². The lowest BCUT2D eigenvalue weighted by molar-refractivity contribution is 0.203. The van der Waals surface area contributed by atoms with Crippen LogP contribution in [-0.2, 0) is 0 Å². The zero-order chi connectivity index (χ0) is 13.5. The van der Waals surface area contributed by atoms with Crippen molar-refractivity contribution in [2.24, 2.45) is 5.73 Å². The lowest BCUT2D eigenvalue weighted by Gasteiger charge is -2.30. The zero-order valence-corrected chi connectivity index (χ0v) is 13.9. The maximum atomic E-state index is 5.97.